The Morgan fingerprint density at radius 2 is 1.02 bits per heavy atom. The molecule has 1 heterocycles. The SMILES string of the molecule is Cc1ccc(-c2ccccc2)cc1N1c2cc3ccccc3cc2Bc2c(-c3c(Nc4ccc(-c5ccccc5)cc4)ccc4ccccc34)cc3ccccc3c21. The molecule has 10 aromatic carbocycles. The molecule has 1 N–H and O–H groups in total. The molecule has 3 heteroatoms. The molecule has 0 saturated carbocycles. The molecule has 0 radical (unpaired) electrons. The van der Waals surface area contributed by atoms with Gasteiger partial charge < -0.3 is 10.2 Å². The van der Waals surface area contributed by atoms with E-state index in [2.05, 4.69) is 223 Å². The van der Waals surface area contributed by atoms with Crippen molar-refractivity contribution >= 4 is 79.0 Å². The normalized spacial score (nSPS) is 12.0. The van der Waals surface area contributed by atoms with Crippen molar-refractivity contribution in [3.8, 4) is 33.4 Å². The van der Waals surface area contributed by atoms with E-state index in [1.807, 2.05) is 0 Å². The summed E-state index contributed by atoms with van der Waals surface area (Å²) in [6.45, 7) is 2.25. The zero-order valence-corrected chi connectivity index (χ0v) is 32.3. The number of hydrogen-bond acceptors (Lipinski definition) is 2. The van der Waals surface area contributed by atoms with Gasteiger partial charge in [0, 0.05) is 39.4 Å². The summed E-state index contributed by atoms with van der Waals surface area (Å²) in [5.41, 5.74) is 17.0. The van der Waals surface area contributed by atoms with Crippen LogP contribution in [0, 0.1) is 6.92 Å². The average Bonchev–Trinajstić information content (AvgIpc) is 3.28. The summed E-state index contributed by atoms with van der Waals surface area (Å²) in [6.07, 6.45) is 0. The Bertz CT molecular complexity index is 3170. The Labute approximate surface area is 339 Å². The topological polar surface area (TPSA) is 15.3 Å². The van der Waals surface area contributed by atoms with Crippen LogP contribution in [0.15, 0.2) is 206 Å². The lowest BCUT2D eigenvalue weighted by Gasteiger charge is -2.37. The van der Waals surface area contributed by atoms with Crippen LogP contribution < -0.4 is 21.1 Å². The van der Waals surface area contributed by atoms with E-state index in [1.165, 1.54) is 99.2 Å². The standard InChI is InChI=1S/C55H39BN2/c1-36-24-25-43(38-16-6-3-7-17-38)34-51(36)58-52-35-42-20-9-8-19-41(42)33-49(52)56-54-48(32-44-21-11-13-23-47(44)55(54)58)53-46-22-12-10-18-40(46)28-31-50(53)57-45-29-26-39(27-30-45)37-14-4-2-5-15-37/h2-35,56-57H,1H3. The summed E-state index contributed by atoms with van der Waals surface area (Å²) in [7, 11) is 0.804. The lowest BCUT2D eigenvalue weighted by Crippen LogP contribution is -2.41. The van der Waals surface area contributed by atoms with Crippen molar-refractivity contribution in [2.75, 3.05) is 10.2 Å². The second kappa shape index (κ2) is 14.0. The van der Waals surface area contributed by atoms with Gasteiger partial charge in [-0.2, -0.15) is 0 Å². The van der Waals surface area contributed by atoms with Gasteiger partial charge in [-0.15, -0.1) is 0 Å². The fourth-order valence-electron chi connectivity index (χ4n) is 9.07. The number of aryl methyl sites for hydroxylation is 1. The van der Waals surface area contributed by atoms with Crippen LogP contribution >= 0.6 is 0 Å². The predicted octanol–water partition coefficient (Wildman–Crippen LogP) is 13.4. The van der Waals surface area contributed by atoms with Gasteiger partial charge in [0.15, 0.2) is 7.28 Å². The molecular formula is C55H39BN2. The van der Waals surface area contributed by atoms with Gasteiger partial charge in [0.05, 0.1) is 0 Å². The highest BCUT2D eigenvalue weighted by Gasteiger charge is 2.32. The number of nitrogens with zero attached hydrogens (tertiary/aromatic N) is 1. The molecule has 0 amide bonds. The highest BCUT2D eigenvalue weighted by Crippen LogP contribution is 2.46. The molecule has 11 rings (SSSR count). The van der Waals surface area contributed by atoms with Crippen molar-refractivity contribution in [1.82, 2.24) is 0 Å². The summed E-state index contributed by atoms with van der Waals surface area (Å²) < 4.78 is 0. The van der Waals surface area contributed by atoms with Crippen LogP contribution in [0.3, 0.4) is 0 Å². The first-order valence-corrected chi connectivity index (χ1v) is 20.1. The highest BCUT2D eigenvalue weighted by molar-refractivity contribution is 6.74. The second-order valence-corrected chi connectivity index (χ2v) is 15.5. The average molecular weight is 739 g/mol. The Kier molecular flexibility index (Phi) is 8.18. The molecule has 0 bridgehead atoms. The van der Waals surface area contributed by atoms with Gasteiger partial charge in [0.2, 0.25) is 0 Å². The molecule has 0 aliphatic carbocycles. The van der Waals surface area contributed by atoms with Crippen LogP contribution in [0.5, 0.6) is 0 Å². The van der Waals surface area contributed by atoms with Gasteiger partial charge in [-0.25, -0.2) is 0 Å². The van der Waals surface area contributed by atoms with Crippen LogP contribution in [0.4, 0.5) is 28.4 Å². The first kappa shape index (κ1) is 33.9. The summed E-state index contributed by atoms with van der Waals surface area (Å²) in [5.74, 6) is 0. The van der Waals surface area contributed by atoms with Crippen LogP contribution in [0.1, 0.15) is 5.56 Å². The van der Waals surface area contributed by atoms with Gasteiger partial charge >= 0.3 is 0 Å². The van der Waals surface area contributed by atoms with E-state index >= 15 is 0 Å². The number of rotatable bonds is 6. The van der Waals surface area contributed by atoms with E-state index in [4.69, 9.17) is 0 Å². The van der Waals surface area contributed by atoms with Gasteiger partial charge in [-0.3, -0.25) is 0 Å². The third-order valence-electron chi connectivity index (χ3n) is 11.9. The molecule has 0 atom stereocenters. The minimum absolute atomic E-state index is 0.804. The van der Waals surface area contributed by atoms with Crippen LogP contribution in [0.2, 0.25) is 0 Å². The summed E-state index contributed by atoms with van der Waals surface area (Å²) >= 11 is 0. The second-order valence-electron chi connectivity index (χ2n) is 15.5. The first-order valence-electron chi connectivity index (χ1n) is 20.1. The highest BCUT2D eigenvalue weighted by atomic mass is 15.2. The molecule has 1 aliphatic heterocycles. The number of hydrogen-bond donors (Lipinski definition) is 1. The number of anilines is 5. The molecule has 1 aliphatic rings. The molecule has 0 spiro atoms. The molecule has 0 saturated heterocycles. The smallest absolute Gasteiger partial charge is 0.198 e. The van der Waals surface area contributed by atoms with Crippen molar-refractivity contribution in [2.45, 2.75) is 6.92 Å². The van der Waals surface area contributed by atoms with E-state index in [-0.39, 0.29) is 0 Å². The molecule has 58 heavy (non-hydrogen) atoms. The van der Waals surface area contributed by atoms with Crippen molar-refractivity contribution in [3.05, 3.63) is 212 Å². The first-order chi connectivity index (χ1) is 28.7. The van der Waals surface area contributed by atoms with Crippen molar-refractivity contribution in [3.63, 3.8) is 0 Å². The molecular weight excluding hydrogens is 699 g/mol. The van der Waals surface area contributed by atoms with Crippen LogP contribution in [-0.2, 0) is 0 Å². The van der Waals surface area contributed by atoms with Gasteiger partial charge in [-0.05, 0) is 109 Å². The van der Waals surface area contributed by atoms with Gasteiger partial charge in [0.1, 0.15) is 0 Å². The lowest BCUT2D eigenvalue weighted by molar-refractivity contribution is 1.27. The summed E-state index contributed by atoms with van der Waals surface area (Å²) in [4.78, 5) is 2.58. The van der Waals surface area contributed by atoms with E-state index in [0.29, 0.717) is 0 Å². The third-order valence-corrected chi connectivity index (χ3v) is 11.9. The summed E-state index contributed by atoms with van der Waals surface area (Å²) in [5, 5.41) is 11.3. The largest absolute Gasteiger partial charge is 0.355 e. The van der Waals surface area contributed by atoms with Crippen molar-refractivity contribution in [1.29, 1.82) is 0 Å². The zero-order valence-electron chi connectivity index (χ0n) is 32.3. The third kappa shape index (κ3) is 5.83. The molecule has 0 unspecified atom stereocenters. The number of nitrogens with one attached hydrogen (secondary N) is 1. The molecule has 0 fully saturated rings. The van der Waals surface area contributed by atoms with E-state index < -0.39 is 0 Å². The lowest BCUT2D eigenvalue weighted by atomic mass is 9.57. The minimum atomic E-state index is 0.804. The maximum Gasteiger partial charge on any atom is 0.198 e. The van der Waals surface area contributed by atoms with Gasteiger partial charge in [-0.1, -0.05) is 175 Å². The van der Waals surface area contributed by atoms with Gasteiger partial charge in [0.25, 0.3) is 0 Å². The molecule has 10 aromatic rings. The monoisotopic (exact) mass is 738 g/mol. The minimum Gasteiger partial charge on any atom is -0.355 e. The Balaban J connectivity index is 1.18. The Morgan fingerprint density at radius 1 is 0.431 bits per heavy atom. The van der Waals surface area contributed by atoms with Crippen LogP contribution in [0.25, 0.3) is 65.7 Å². The summed E-state index contributed by atoms with van der Waals surface area (Å²) in [6, 6.07) is 75.4. The maximum absolute atomic E-state index is 3.90. The van der Waals surface area contributed by atoms with E-state index in [1.54, 1.807) is 0 Å². The van der Waals surface area contributed by atoms with Crippen molar-refractivity contribution in [2.24, 2.45) is 0 Å². The van der Waals surface area contributed by atoms with E-state index in [0.717, 1.165) is 18.7 Å². The predicted molar refractivity (Wildman–Crippen MR) is 251 cm³/mol. The number of fused-ring (bicyclic) bond motifs is 6. The fraction of sp³-hybridized carbons (Fsp3) is 0.0182. The Morgan fingerprint density at radius 3 is 1.76 bits per heavy atom. The zero-order chi connectivity index (χ0) is 38.6. The quantitative estimate of drug-likeness (QED) is 0.171. The Hall–Kier alpha value is -7.36. The maximum atomic E-state index is 3.90. The van der Waals surface area contributed by atoms with Crippen molar-refractivity contribution < 1.29 is 0 Å². The molecule has 2 nitrogen and oxygen atoms in total. The van der Waals surface area contributed by atoms with Crippen LogP contribution in [-0.4, -0.2) is 7.28 Å². The molecule has 272 valence electrons. The number of benzene rings is 10. The molecule has 0 aromatic heterocycles. The fourth-order valence-corrected chi connectivity index (χ4v) is 9.07. The van der Waals surface area contributed by atoms with E-state index in [9.17, 15) is 0 Å².